The van der Waals surface area contributed by atoms with E-state index in [2.05, 4.69) is 5.32 Å². The van der Waals surface area contributed by atoms with Crippen LogP contribution in [0.4, 0.5) is 4.79 Å². The van der Waals surface area contributed by atoms with Crippen molar-refractivity contribution in [2.24, 2.45) is 5.92 Å². The quantitative estimate of drug-likeness (QED) is 0.838. The summed E-state index contributed by atoms with van der Waals surface area (Å²) in [6, 6.07) is -0.0311. The van der Waals surface area contributed by atoms with Crippen LogP contribution in [0, 0.1) is 5.92 Å². The van der Waals surface area contributed by atoms with E-state index >= 15 is 0 Å². The Morgan fingerprint density at radius 2 is 2.15 bits per heavy atom. The first-order chi connectivity index (χ1) is 9.58. The van der Waals surface area contributed by atoms with Gasteiger partial charge in [-0.05, 0) is 38.4 Å². The van der Waals surface area contributed by atoms with Crippen molar-refractivity contribution < 1.29 is 14.7 Å². The number of amides is 2. The fourth-order valence-electron chi connectivity index (χ4n) is 2.97. The molecule has 2 heterocycles. The van der Waals surface area contributed by atoms with E-state index in [1.54, 1.807) is 4.90 Å². The Hall–Kier alpha value is -0.910. The van der Waals surface area contributed by atoms with Gasteiger partial charge in [0.25, 0.3) is 0 Å². The molecule has 5 nitrogen and oxygen atoms in total. The summed E-state index contributed by atoms with van der Waals surface area (Å²) >= 11 is 1.95. The van der Waals surface area contributed by atoms with Gasteiger partial charge >= 0.3 is 12.0 Å². The number of carboxylic acid groups (broad SMARTS) is 1. The molecule has 20 heavy (non-hydrogen) atoms. The molecular weight excluding hydrogens is 276 g/mol. The van der Waals surface area contributed by atoms with Gasteiger partial charge in [0.15, 0.2) is 0 Å². The van der Waals surface area contributed by atoms with Crippen LogP contribution in [0.5, 0.6) is 0 Å². The summed E-state index contributed by atoms with van der Waals surface area (Å²) in [5.74, 6) is 0.152. The van der Waals surface area contributed by atoms with Crippen molar-refractivity contribution in [3.05, 3.63) is 0 Å². The third kappa shape index (κ3) is 4.04. The molecule has 2 N–H and O–H groups in total. The predicted octanol–water partition coefficient (Wildman–Crippen LogP) is 2.17. The van der Waals surface area contributed by atoms with E-state index in [0.29, 0.717) is 24.6 Å². The van der Waals surface area contributed by atoms with E-state index in [9.17, 15) is 9.59 Å². The van der Waals surface area contributed by atoms with Crippen LogP contribution < -0.4 is 5.32 Å². The first kappa shape index (κ1) is 15.5. The van der Waals surface area contributed by atoms with E-state index in [0.717, 1.165) is 6.54 Å². The minimum absolute atomic E-state index is 0.00357. The lowest BCUT2D eigenvalue weighted by Crippen LogP contribution is -2.51. The topological polar surface area (TPSA) is 69.6 Å². The summed E-state index contributed by atoms with van der Waals surface area (Å²) in [4.78, 5) is 25.0. The number of piperidine rings is 1. The summed E-state index contributed by atoms with van der Waals surface area (Å²) in [6.45, 7) is 3.21. The van der Waals surface area contributed by atoms with Crippen LogP contribution in [0.25, 0.3) is 0 Å². The first-order valence-electron chi connectivity index (χ1n) is 7.47. The number of thioether (sulfide) groups is 1. The van der Waals surface area contributed by atoms with Gasteiger partial charge < -0.3 is 15.3 Å². The monoisotopic (exact) mass is 300 g/mol. The molecule has 0 radical (unpaired) electrons. The van der Waals surface area contributed by atoms with Crippen molar-refractivity contribution >= 4 is 23.8 Å². The van der Waals surface area contributed by atoms with Crippen molar-refractivity contribution in [1.29, 1.82) is 0 Å². The van der Waals surface area contributed by atoms with Gasteiger partial charge in [0, 0.05) is 24.4 Å². The van der Waals surface area contributed by atoms with Crippen LogP contribution >= 0.6 is 11.8 Å². The molecule has 0 aromatic carbocycles. The van der Waals surface area contributed by atoms with Crippen LogP contribution in [-0.2, 0) is 4.79 Å². The fourth-order valence-corrected chi connectivity index (χ4v) is 4.21. The third-order valence-corrected chi connectivity index (χ3v) is 5.64. The zero-order chi connectivity index (χ0) is 14.5. The van der Waals surface area contributed by atoms with Crippen LogP contribution in [-0.4, -0.2) is 52.1 Å². The molecule has 2 amide bonds. The molecule has 2 saturated heterocycles. The van der Waals surface area contributed by atoms with E-state index in [1.165, 1.54) is 25.0 Å². The summed E-state index contributed by atoms with van der Waals surface area (Å²) in [5, 5.41) is 12.6. The number of nitrogens with zero attached hydrogens (tertiary/aromatic N) is 1. The maximum absolute atomic E-state index is 12.2. The summed E-state index contributed by atoms with van der Waals surface area (Å²) in [5.41, 5.74) is 0. The molecule has 2 aliphatic heterocycles. The Bertz CT molecular complexity index is 358. The molecule has 2 aliphatic rings. The van der Waals surface area contributed by atoms with Crippen LogP contribution in [0.15, 0.2) is 0 Å². The highest BCUT2D eigenvalue weighted by atomic mass is 32.2. The maximum atomic E-state index is 12.2. The highest BCUT2D eigenvalue weighted by Gasteiger charge is 2.32. The van der Waals surface area contributed by atoms with E-state index < -0.39 is 5.97 Å². The van der Waals surface area contributed by atoms with Gasteiger partial charge in [-0.15, -0.1) is 0 Å². The second-order valence-corrected chi connectivity index (χ2v) is 7.18. The van der Waals surface area contributed by atoms with Crippen LogP contribution in [0.1, 0.15) is 39.0 Å². The second kappa shape index (κ2) is 7.20. The molecule has 2 fully saturated rings. The average molecular weight is 300 g/mol. The summed E-state index contributed by atoms with van der Waals surface area (Å²) in [6.07, 6.45) is 4.84. The summed E-state index contributed by atoms with van der Waals surface area (Å²) < 4.78 is 0. The lowest BCUT2D eigenvalue weighted by Gasteiger charge is -2.36. The number of likely N-dealkylation sites (tertiary alicyclic amines) is 1. The second-order valence-electron chi connectivity index (χ2n) is 5.78. The maximum Gasteiger partial charge on any atom is 0.317 e. The molecule has 0 aromatic heterocycles. The SMILES string of the molecule is CC1CC(C(=O)O)CCN1C(=O)NCC1CCCCS1. The number of aliphatic carboxylic acids is 1. The molecular formula is C14H24N2O3S. The Labute approximate surface area is 124 Å². The predicted molar refractivity (Wildman–Crippen MR) is 80.0 cm³/mol. The molecule has 0 saturated carbocycles. The van der Waals surface area contributed by atoms with Gasteiger partial charge in [-0.25, -0.2) is 4.79 Å². The van der Waals surface area contributed by atoms with Gasteiger partial charge in [-0.1, -0.05) is 6.42 Å². The van der Waals surface area contributed by atoms with Gasteiger partial charge in [-0.3, -0.25) is 4.79 Å². The van der Waals surface area contributed by atoms with Crippen molar-refractivity contribution in [1.82, 2.24) is 10.2 Å². The minimum atomic E-state index is -0.740. The van der Waals surface area contributed by atoms with Crippen molar-refractivity contribution in [3.63, 3.8) is 0 Å². The van der Waals surface area contributed by atoms with Crippen molar-refractivity contribution in [2.75, 3.05) is 18.8 Å². The average Bonchev–Trinajstić information content (AvgIpc) is 2.45. The Morgan fingerprint density at radius 3 is 2.75 bits per heavy atom. The number of hydrogen-bond donors (Lipinski definition) is 2. The Balaban J connectivity index is 1.76. The number of carbonyl (C=O) groups is 2. The third-order valence-electron chi connectivity index (χ3n) is 4.24. The van der Waals surface area contributed by atoms with Gasteiger partial charge in [0.2, 0.25) is 0 Å². The number of carbonyl (C=O) groups excluding carboxylic acids is 1. The van der Waals surface area contributed by atoms with Crippen molar-refractivity contribution in [3.8, 4) is 0 Å². The van der Waals surface area contributed by atoms with Gasteiger partial charge in [0.1, 0.15) is 0 Å². The summed E-state index contributed by atoms with van der Waals surface area (Å²) in [7, 11) is 0. The van der Waals surface area contributed by atoms with E-state index in [4.69, 9.17) is 5.11 Å². The molecule has 3 unspecified atom stereocenters. The Morgan fingerprint density at radius 1 is 1.35 bits per heavy atom. The lowest BCUT2D eigenvalue weighted by molar-refractivity contribution is -0.143. The normalized spacial score (nSPS) is 30.9. The van der Waals surface area contributed by atoms with Crippen LogP contribution in [0.2, 0.25) is 0 Å². The van der Waals surface area contributed by atoms with Crippen molar-refractivity contribution in [2.45, 2.75) is 50.3 Å². The lowest BCUT2D eigenvalue weighted by atomic mass is 9.92. The number of nitrogens with one attached hydrogen (secondary N) is 1. The first-order valence-corrected chi connectivity index (χ1v) is 8.51. The van der Waals surface area contributed by atoms with Gasteiger partial charge in [0.05, 0.1) is 5.92 Å². The minimum Gasteiger partial charge on any atom is -0.481 e. The molecule has 3 atom stereocenters. The molecule has 0 aromatic rings. The molecule has 0 aliphatic carbocycles. The smallest absolute Gasteiger partial charge is 0.317 e. The van der Waals surface area contributed by atoms with Crippen LogP contribution in [0.3, 0.4) is 0 Å². The molecule has 0 bridgehead atoms. The number of rotatable bonds is 3. The van der Waals surface area contributed by atoms with E-state index in [-0.39, 0.29) is 18.0 Å². The molecule has 2 rings (SSSR count). The Kier molecular flexibility index (Phi) is 5.57. The number of hydrogen-bond acceptors (Lipinski definition) is 3. The number of carboxylic acids is 1. The molecule has 114 valence electrons. The fraction of sp³-hybridized carbons (Fsp3) is 0.857. The zero-order valence-corrected chi connectivity index (χ0v) is 12.8. The number of urea groups is 1. The standard InChI is InChI=1S/C14H24N2O3S/c1-10-8-11(13(17)18)5-6-16(10)14(19)15-9-12-4-2-3-7-20-12/h10-12H,2-9H2,1H3,(H,15,19)(H,17,18). The zero-order valence-electron chi connectivity index (χ0n) is 12.0. The van der Waals surface area contributed by atoms with Gasteiger partial charge in [-0.2, -0.15) is 11.8 Å². The molecule has 6 heteroatoms. The largest absolute Gasteiger partial charge is 0.481 e. The molecule has 0 spiro atoms. The van der Waals surface area contributed by atoms with E-state index in [1.807, 2.05) is 18.7 Å². The highest BCUT2D eigenvalue weighted by Crippen LogP contribution is 2.25. The highest BCUT2D eigenvalue weighted by molar-refractivity contribution is 7.99.